The molecule has 5 nitrogen and oxygen atoms in total. The molecular formula is C19H24N4OS. The summed E-state index contributed by atoms with van der Waals surface area (Å²) in [5, 5.41) is 11.8. The summed E-state index contributed by atoms with van der Waals surface area (Å²) in [5.41, 5.74) is 2.23. The molecule has 2 aromatic heterocycles. The normalized spacial score (nSPS) is 18.9. The maximum absolute atomic E-state index is 5.88. The van der Waals surface area contributed by atoms with Crippen LogP contribution in [0.5, 0.6) is 0 Å². The second-order valence-corrected chi connectivity index (χ2v) is 8.04. The molecule has 2 atom stereocenters. The highest BCUT2D eigenvalue weighted by molar-refractivity contribution is 7.99. The summed E-state index contributed by atoms with van der Waals surface area (Å²) in [4.78, 5) is 3.35. The van der Waals surface area contributed by atoms with Crippen LogP contribution in [0.4, 0.5) is 0 Å². The van der Waals surface area contributed by atoms with Gasteiger partial charge in [-0.1, -0.05) is 43.8 Å². The summed E-state index contributed by atoms with van der Waals surface area (Å²) >= 11 is 1.80. The van der Waals surface area contributed by atoms with Crippen LogP contribution in [0, 0.1) is 0 Å². The van der Waals surface area contributed by atoms with Gasteiger partial charge in [0.1, 0.15) is 0 Å². The minimum atomic E-state index is 0.260. The smallest absolute Gasteiger partial charge is 0.191 e. The van der Waals surface area contributed by atoms with Crippen molar-refractivity contribution in [2.75, 3.05) is 6.61 Å². The lowest BCUT2D eigenvalue weighted by atomic mass is 10.1. The van der Waals surface area contributed by atoms with Crippen LogP contribution in [0.15, 0.2) is 35.6 Å². The van der Waals surface area contributed by atoms with Crippen molar-refractivity contribution in [3.05, 3.63) is 30.5 Å². The zero-order valence-corrected chi connectivity index (χ0v) is 15.6. The quantitative estimate of drug-likeness (QED) is 0.661. The third kappa shape index (κ3) is 3.33. The molecule has 0 aliphatic carbocycles. The van der Waals surface area contributed by atoms with E-state index in [4.69, 9.17) is 4.74 Å². The third-order valence-electron chi connectivity index (χ3n) is 4.84. The van der Waals surface area contributed by atoms with Gasteiger partial charge in [0.25, 0.3) is 0 Å². The number of H-pyrrole nitrogens is 1. The van der Waals surface area contributed by atoms with Crippen molar-refractivity contribution in [3.63, 3.8) is 0 Å². The Hall–Kier alpha value is -1.79. The van der Waals surface area contributed by atoms with E-state index < -0.39 is 0 Å². The van der Waals surface area contributed by atoms with Gasteiger partial charge in [-0.25, -0.2) is 0 Å². The molecule has 1 N–H and O–H groups in total. The van der Waals surface area contributed by atoms with Gasteiger partial charge in [0.15, 0.2) is 11.0 Å². The van der Waals surface area contributed by atoms with Crippen molar-refractivity contribution < 1.29 is 4.74 Å². The molecule has 1 aliphatic heterocycles. The number of ether oxygens (including phenoxy) is 1. The van der Waals surface area contributed by atoms with E-state index in [2.05, 4.69) is 51.8 Å². The Morgan fingerprint density at radius 1 is 1.36 bits per heavy atom. The number of nitrogens with one attached hydrogen (secondary N) is 1. The number of hydrogen-bond acceptors (Lipinski definition) is 4. The van der Waals surface area contributed by atoms with E-state index in [9.17, 15) is 0 Å². The highest BCUT2D eigenvalue weighted by Gasteiger charge is 2.23. The van der Waals surface area contributed by atoms with E-state index >= 15 is 0 Å². The monoisotopic (exact) mass is 356 g/mol. The molecule has 4 rings (SSSR count). The summed E-state index contributed by atoms with van der Waals surface area (Å²) in [6, 6.07) is 8.33. The van der Waals surface area contributed by atoms with Gasteiger partial charge in [0.05, 0.1) is 12.6 Å². The molecule has 3 heterocycles. The SMILES string of the molecule is CCC(C)Sc1nnc(-c2c[nH]c3ccccc23)n1CC1CCCO1. The van der Waals surface area contributed by atoms with Crippen molar-refractivity contribution in [1.29, 1.82) is 0 Å². The summed E-state index contributed by atoms with van der Waals surface area (Å²) in [6.45, 7) is 6.13. The maximum Gasteiger partial charge on any atom is 0.191 e. The molecule has 1 saturated heterocycles. The number of aromatic nitrogens is 4. The third-order valence-corrected chi connectivity index (χ3v) is 6.09. The molecule has 6 heteroatoms. The molecule has 0 bridgehead atoms. The number of thioether (sulfide) groups is 1. The number of para-hydroxylation sites is 1. The molecule has 1 fully saturated rings. The number of benzene rings is 1. The Balaban J connectivity index is 1.75. The topological polar surface area (TPSA) is 55.7 Å². The predicted molar refractivity (Wildman–Crippen MR) is 102 cm³/mol. The average molecular weight is 356 g/mol. The Morgan fingerprint density at radius 3 is 3.04 bits per heavy atom. The predicted octanol–water partition coefficient (Wildman–Crippen LogP) is 4.50. The molecule has 25 heavy (non-hydrogen) atoms. The van der Waals surface area contributed by atoms with Crippen LogP contribution in [-0.4, -0.2) is 37.7 Å². The molecule has 3 aromatic rings. The fourth-order valence-electron chi connectivity index (χ4n) is 3.25. The lowest BCUT2D eigenvalue weighted by Gasteiger charge is -2.15. The number of nitrogens with zero attached hydrogens (tertiary/aromatic N) is 3. The average Bonchev–Trinajstić information content (AvgIpc) is 3.36. The zero-order chi connectivity index (χ0) is 17.2. The first-order chi connectivity index (χ1) is 12.3. The highest BCUT2D eigenvalue weighted by Crippen LogP contribution is 2.32. The number of aromatic amines is 1. The van der Waals surface area contributed by atoms with E-state index in [0.717, 1.165) is 54.5 Å². The van der Waals surface area contributed by atoms with Crippen LogP contribution in [0.3, 0.4) is 0 Å². The van der Waals surface area contributed by atoms with Crippen molar-refractivity contribution >= 4 is 22.7 Å². The first-order valence-electron chi connectivity index (χ1n) is 9.04. The van der Waals surface area contributed by atoms with Crippen molar-refractivity contribution in [2.45, 2.75) is 56.2 Å². The Labute approximate surface area is 152 Å². The molecule has 132 valence electrons. The summed E-state index contributed by atoms with van der Waals surface area (Å²) in [5.74, 6) is 0.929. The molecule has 0 spiro atoms. The van der Waals surface area contributed by atoms with Gasteiger partial charge in [0.2, 0.25) is 0 Å². The number of hydrogen-bond donors (Lipinski definition) is 1. The first kappa shape index (κ1) is 16.7. The Bertz CT molecular complexity index is 850. The van der Waals surface area contributed by atoms with Crippen LogP contribution >= 0.6 is 11.8 Å². The highest BCUT2D eigenvalue weighted by atomic mass is 32.2. The molecular weight excluding hydrogens is 332 g/mol. The van der Waals surface area contributed by atoms with Gasteiger partial charge < -0.3 is 9.72 Å². The Kier molecular flexibility index (Phi) is 4.81. The molecule has 0 saturated carbocycles. The number of rotatable bonds is 6. The van der Waals surface area contributed by atoms with Crippen LogP contribution < -0.4 is 0 Å². The van der Waals surface area contributed by atoms with Gasteiger partial charge in [0, 0.05) is 34.5 Å². The standard InChI is InChI=1S/C19H24N4OS/c1-3-13(2)25-19-22-21-18(23(19)12-14-7-6-10-24-14)16-11-20-17-9-5-4-8-15(16)17/h4-5,8-9,11,13-14,20H,3,6-7,10,12H2,1-2H3. The zero-order valence-electron chi connectivity index (χ0n) is 14.7. The van der Waals surface area contributed by atoms with Gasteiger partial charge in [-0.3, -0.25) is 4.57 Å². The molecule has 1 aliphatic rings. The summed E-state index contributed by atoms with van der Waals surface area (Å²) < 4.78 is 8.13. The van der Waals surface area contributed by atoms with Gasteiger partial charge in [-0.2, -0.15) is 0 Å². The number of fused-ring (bicyclic) bond motifs is 1. The summed E-state index contributed by atoms with van der Waals surface area (Å²) in [7, 11) is 0. The van der Waals surface area contributed by atoms with E-state index in [1.807, 2.05) is 12.3 Å². The van der Waals surface area contributed by atoms with E-state index in [1.165, 1.54) is 5.39 Å². The van der Waals surface area contributed by atoms with Crippen molar-refractivity contribution in [1.82, 2.24) is 19.7 Å². The fourth-order valence-corrected chi connectivity index (χ4v) is 4.15. The van der Waals surface area contributed by atoms with Crippen molar-refractivity contribution in [3.8, 4) is 11.4 Å². The van der Waals surface area contributed by atoms with E-state index in [0.29, 0.717) is 5.25 Å². The minimum Gasteiger partial charge on any atom is -0.376 e. The molecule has 2 unspecified atom stereocenters. The molecule has 0 amide bonds. The first-order valence-corrected chi connectivity index (χ1v) is 9.92. The van der Waals surface area contributed by atoms with E-state index in [-0.39, 0.29) is 6.10 Å². The molecule has 0 radical (unpaired) electrons. The lowest BCUT2D eigenvalue weighted by molar-refractivity contribution is 0.0953. The second kappa shape index (κ2) is 7.22. The minimum absolute atomic E-state index is 0.260. The fraction of sp³-hybridized carbons (Fsp3) is 0.474. The van der Waals surface area contributed by atoms with E-state index in [1.54, 1.807) is 11.8 Å². The Morgan fingerprint density at radius 2 is 2.24 bits per heavy atom. The van der Waals surface area contributed by atoms with Gasteiger partial charge in [-0.15, -0.1) is 10.2 Å². The second-order valence-electron chi connectivity index (χ2n) is 6.64. The van der Waals surface area contributed by atoms with Gasteiger partial charge in [-0.05, 0) is 25.3 Å². The van der Waals surface area contributed by atoms with Crippen LogP contribution in [0.2, 0.25) is 0 Å². The summed E-state index contributed by atoms with van der Waals surface area (Å²) in [6.07, 6.45) is 5.66. The van der Waals surface area contributed by atoms with Crippen LogP contribution in [0.1, 0.15) is 33.1 Å². The van der Waals surface area contributed by atoms with Crippen LogP contribution in [-0.2, 0) is 11.3 Å². The largest absolute Gasteiger partial charge is 0.376 e. The van der Waals surface area contributed by atoms with Gasteiger partial charge >= 0.3 is 0 Å². The van der Waals surface area contributed by atoms with Crippen molar-refractivity contribution in [2.24, 2.45) is 0 Å². The lowest BCUT2D eigenvalue weighted by Crippen LogP contribution is -2.17. The van der Waals surface area contributed by atoms with Crippen LogP contribution in [0.25, 0.3) is 22.3 Å². The maximum atomic E-state index is 5.88. The molecule has 1 aromatic carbocycles.